The van der Waals surface area contributed by atoms with Gasteiger partial charge in [0.15, 0.2) is 0 Å². The van der Waals surface area contributed by atoms with Gasteiger partial charge in [0.1, 0.15) is 23.5 Å². The van der Waals surface area contributed by atoms with Gasteiger partial charge >= 0.3 is 0 Å². The number of hydrogen-bond donors (Lipinski definition) is 2. The highest BCUT2D eigenvalue weighted by Crippen LogP contribution is 2.38. The van der Waals surface area contributed by atoms with Crippen LogP contribution in [0.15, 0.2) is 18.2 Å². The van der Waals surface area contributed by atoms with E-state index >= 15 is 0 Å². The van der Waals surface area contributed by atoms with Crippen molar-refractivity contribution in [2.45, 2.75) is 23.5 Å². The van der Waals surface area contributed by atoms with Crippen molar-refractivity contribution in [2.75, 3.05) is 5.73 Å². The van der Waals surface area contributed by atoms with Gasteiger partial charge in [0.2, 0.25) is 11.8 Å². The summed E-state index contributed by atoms with van der Waals surface area (Å²) < 4.78 is 0. The lowest BCUT2D eigenvalue weighted by molar-refractivity contribution is -0.133. The van der Waals surface area contributed by atoms with Crippen molar-refractivity contribution in [3.8, 4) is 0 Å². The Hall–Kier alpha value is -2.51. The molecule has 1 atom stereocenters. The summed E-state index contributed by atoms with van der Waals surface area (Å²) in [6, 6.07) is 4.64. The number of hydrogen-bond acceptors (Lipinski definition) is 5. The Morgan fingerprint density at radius 3 is 2.29 bits per heavy atom. The SMILES string of the molecule is BC1(B)CC[C@](B)(N2C(=O)c3cccc(N)c3C2=O)C(=O)NC1=O. The van der Waals surface area contributed by atoms with Crippen LogP contribution in [0, 0.1) is 0 Å². The van der Waals surface area contributed by atoms with Crippen molar-refractivity contribution in [2.24, 2.45) is 0 Å². The van der Waals surface area contributed by atoms with Gasteiger partial charge in [-0.2, -0.15) is 0 Å². The number of rotatable bonds is 1. The molecule has 3 N–H and O–H groups in total. The normalized spacial score (nSPS) is 26.1. The van der Waals surface area contributed by atoms with Gasteiger partial charge in [0.05, 0.1) is 16.6 Å². The second kappa shape index (κ2) is 4.99. The topological polar surface area (TPSA) is 110 Å². The van der Waals surface area contributed by atoms with E-state index in [1.54, 1.807) is 21.8 Å². The van der Waals surface area contributed by atoms with E-state index in [4.69, 9.17) is 5.73 Å². The first-order valence-corrected chi connectivity index (χ1v) is 7.73. The van der Waals surface area contributed by atoms with Crippen molar-refractivity contribution in [1.29, 1.82) is 0 Å². The van der Waals surface area contributed by atoms with Crippen LogP contribution in [-0.4, -0.2) is 57.5 Å². The van der Waals surface area contributed by atoms with E-state index in [1.165, 1.54) is 20.0 Å². The van der Waals surface area contributed by atoms with Crippen molar-refractivity contribution < 1.29 is 19.2 Å². The quantitative estimate of drug-likeness (QED) is 0.326. The molecular weight excluding hydrogens is 307 g/mol. The van der Waals surface area contributed by atoms with E-state index in [2.05, 4.69) is 5.32 Å². The molecule has 0 saturated carbocycles. The van der Waals surface area contributed by atoms with Gasteiger partial charge in [-0.1, -0.05) is 12.5 Å². The number of nitrogens with zero attached hydrogens (tertiary/aromatic N) is 1. The van der Waals surface area contributed by atoms with E-state index in [0.717, 1.165) is 4.90 Å². The van der Waals surface area contributed by atoms with Crippen molar-refractivity contribution in [1.82, 2.24) is 10.2 Å². The van der Waals surface area contributed by atoms with Gasteiger partial charge < -0.3 is 5.73 Å². The molecule has 2 aliphatic rings. The molecule has 2 aliphatic heterocycles. The lowest BCUT2D eigenvalue weighted by Crippen LogP contribution is -2.61. The number of nitrogens with one attached hydrogen (secondary N) is 1. The average Bonchev–Trinajstić information content (AvgIpc) is 2.73. The van der Waals surface area contributed by atoms with Gasteiger partial charge in [-0.25, -0.2) is 0 Å². The van der Waals surface area contributed by atoms with Crippen LogP contribution in [0.1, 0.15) is 33.6 Å². The Balaban J connectivity index is 2.07. The van der Waals surface area contributed by atoms with Crippen LogP contribution in [0.25, 0.3) is 0 Å². The maximum atomic E-state index is 12.8. The predicted molar refractivity (Wildman–Crippen MR) is 94.8 cm³/mol. The third-order valence-electron chi connectivity index (χ3n) is 5.01. The lowest BCUT2D eigenvalue weighted by atomic mass is 9.51. The number of fused-ring (bicyclic) bond motifs is 1. The maximum absolute atomic E-state index is 12.8. The molecule has 1 fully saturated rings. The Kier molecular flexibility index (Phi) is 3.40. The van der Waals surface area contributed by atoms with Crippen LogP contribution < -0.4 is 11.1 Å². The molecule has 0 radical (unpaired) electrons. The van der Waals surface area contributed by atoms with Crippen LogP contribution in [0.4, 0.5) is 5.69 Å². The molecule has 0 unspecified atom stereocenters. The summed E-state index contributed by atoms with van der Waals surface area (Å²) in [4.78, 5) is 51.3. The molecule has 1 aromatic rings. The summed E-state index contributed by atoms with van der Waals surface area (Å²) in [5.41, 5.74) is 4.89. The van der Waals surface area contributed by atoms with Crippen LogP contribution >= 0.6 is 0 Å². The largest absolute Gasteiger partial charge is 0.398 e. The molecule has 0 aliphatic carbocycles. The summed E-state index contributed by atoms with van der Waals surface area (Å²) in [7, 11) is 4.96. The first-order chi connectivity index (χ1) is 11.1. The van der Waals surface area contributed by atoms with Crippen LogP contribution in [0.3, 0.4) is 0 Å². The minimum Gasteiger partial charge on any atom is -0.398 e. The summed E-state index contributed by atoms with van der Waals surface area (Å²) in [5.74, 6) is -2.22. The number of carbonyl (C=O) groups excluding carboxylic acids is 4. The molecule has 4 amide bonds. The van der Waals surface area contributed by atoms with Crippen LogP contribution in [-0.2, 0) is 9.59 Å². The summed E-state index contributed by atoms with van der Waals surface area (Å²) >= 11 is 0. The van der Waals surface area contributed by atoms with Crippen molar-refractivity contribution >= 4 is 52.9 Å². The van der Waals surface area contributed by atoms with Gasteiger partial charge in [-0.05, 0) is 23.8 Å². The Morgan fingerprint density at radius 2 is 1.67 bits per heavy atom. The highest BCUT2D eigenvalue weighted by atomic mass is 16.2. The maximum Gasteiger partial charge on any atom is 0.263 e. The molecule has 120 valence electrons. The number of nitrogen functional groups attached to an aromatic ring is 1. The zero-order chi connectivity index (χ0) is 17.9. The molecule has 24 heavy (non-hydrogen) atoms. The fourth-order valence-electron chi connectivity index (χ4n) is 3.16. The third-order valence-corrected chi connectivity index (χ3v) is 5.01. The Bertz CT molecular complexity index is 810. The van der Waals surface area contributed by atoms with Gasteiger partial charge in [0, 0.05) is 5.69 Å². The minimum absolute atomic E-state index is 0.117. The zero-order valence-electron chi connectivity index (χ0n) is 13.8. The average molecular weight is 323 g/mol. The van der Waals surface area contributed by atoms with E-state index < -0.39 is 34.3 Å². The number of imide groups is 2. The summed E-state index contributed by atoms with van der Waals surface area (Å²) in [6.45, 7) is 0. The number of carbonyl (C=O) groups is 4. The van der Waals surface area contributed by atoms with Gasteiger partial charge in [-0.15, -0.1) is 0 Å². The second-order valence-corrected chi connectivity index (χ2v) is 7.16. The van der Waals surface area contributed by atoms with E-state index in [0.29, 0.717) is 6.42 Å². The molecule has 1 aromatic carbocycles. The monoisotopic (exact) mass is 323 g/mol. The molecule has 10 heteroatoms. The van der Waals surface area contributed by atoms with E-state index in [-0.39, 0.29) is 23.2 Å². The van der Waals surface area contributed by atoms with E-state index in [1.807, 2.05) is 0 Å². The molecule has 1 saturated heterocycles. The number of anilines is 1. The Labute approximate surface area is 141 Å². The fraction of sp³-hybridized carbons (Fsp3) is 0.286. The number of amides is 4. The molecule has 0 spiro atoms. The first-order valence-electron chi connectivity index (χ1n) is 7.73. The molecule has 2 heterocycles. The molecule has 3 rings (SSSR count). The molecule has 0 aromatic heterocycles. The van der Waals surface area contributed by atoms with Gasteiger partial charge in [0.25, 0.3) is 11.8 Å². The van der Waals surface area contributed by atoms with Gasteiger partial charge in [-0.3, -0.25) is 29.4 Å². The smallest absolute Gasteiger partial charge is 0.263 e. The lowest BCUT2D eigenvalue weighted by Gasteiger charge is -2.35. The Morgan fingerprint density at radius 1 is 1.00 bits per heavy atom. The fourth-order valence-corrected chi connectivity index (χ4v) is 3.16. The standard InChI is InChI=1S/C14H16B3N3O4/c15-13(16)4-5-14(17,12(24)19-11(13)23)20-9(21)6-2-1-3-7(18)8(6)10(20)22/h1-3H,4-5,15-18H2,(H,19,23,24)/t14-/m0/s1. The zero-order valence-corrected chi connectivity index (χ0v) is 13.8. The van der Waals surface area contributed by atoms with Crippen molar-refractivity contribution in [3.63, 3.8) is 0 Å². The first kappa shape index (κ1) is 16.4. The predicted octanol–water partition coefficient (Wildman–Crippen LogP) is -2.99. The molecule has 7 nitrogen and oxygen atoms in total. The second-order valence-electron chi connectivity index (χ2n) is 7.16. The summed E-state index contributed by atoms with van der Waals surface area (Å²) in [6.07, 6.45) is 0.562. The molecular formula is C14H16B3N3O4. The number of nitrogens with two attached hydrogens (primary N) is 1. The molecule has 0 bridgehead atoms. The van der Waals surface area contributed by atoms with Crippen molar-refractivity contribution in [3.05, 3.63) is 29.3 Å². The van der Waals surface area contributed by atoms with Crippen LogP contribution in [0.2, 0.25) is 5.21 Å². The minimum atomic E-state index is -1.44. The number of benzene rings is 1. The highest BCUT2D eigenvalue weighted by molar-refractivity contribution is 6.52. The summed E-state index contributed by atoms with van der Waals surface area (Å²) in [5, 5.41) is 1.57. The van der Waals surface area contributed by atoms with Crippen LogP contribution in [0.5, 0.6) is 0 Å². The highest BCUT2D eigenvalue weighted by Gasteiger charge is 2.53. The van der Waals surface area contributed by atoms with E-state index in [9.17, 15) is 19.2 Å². The third kappa shape index (κ3) is 2.09.